The highest BCUT2D eigenvalue weighted by Crippen LogP contribution is 2.36. The Hall–Kier alpha value is -1.76. The van der Waals surface area contributed by atoms with Crippen molar-refractivity contribution in [1.82, 2.24) is 0 Å². The van der Waals surface area contributed by atoms with Crippen molar-refractivity contribution in [3.8, 4) is 11.8 Å². The van der Waals surface area contributed by atoms with Crippen molar-refractivity contribution < 1.29 is 9.31 Å². The number of rotatable bonds is 1. The predicted molar refractivity (Wildman–Crippen MR) is 92.2 cm³/mol. The molecule has 0 aromatic heterocycles. The van der Waals surface area contributed by atoms with Gasteiger partial charge in [-0.2, -0.15) is 0 Å². The summed E-state index contributed by atoms with van der Waals surface area (Å²) in [5.41, 5.74) is 1.47. The highest BCUT2D eigenvalue weighted by Gasteiger charge is 2.51. The molecule has 0 saturated carbocycles. The van der Waals surface area contributed by atoms with E-state index in [2.05, 4.69) is 69.9 Å². The SMILES string of the molecule is CC#Cc1ccc2cc(B3OC(C)(C)C(C)(C)O3)ccc2c1. The summed E-state index contributed by atoms with van der Waals surface area (Å²) in [4.78, 5) is 0. The molecule has 1 heterocycles. The van der Waals surface area contributed by atoms with Crippen molar-refractivity contribution in [2.45, 2.75) is 45.8 Å². The smallest absolute Gasteiger partial charge is 0.399 e. The summed E-state index contributed by atoms with van der Waals surface area (Å²) < 4.78 is 12.2. The second-order valence-electron chi connectivity index (χ2n) is 6.78. The average molecular weight is 292 g/mol. The summed E-state index contributed by atoms with van der Waals surface area (Å²) in [6.07, 6.45) is 0. The van der Waals surface area contributed by atoms with Gasteiger partial charge in [0.2, 0.25) is 0 Å². The highest BCUT2D eigenvalue weighted by atomic mass is 16.7. The Balaban J connectivity index is 1.96. The van der Waals surface area contributed by atoms with E-state index in [9.17, 15) is 0 Å². The summed E-state index contributed by atoms with van der Waals surface area (Å²) in [6, 6.07) is 12.6. The Morgan fingerprint density at radius 3 is 2.09 bits per heavy atom. The molecule has 2 nitrogen and oxygen atoms in total. The topological polar surface area (TPSA) is 18.5 Å². The summed E-state index contributed by atoms with van der Waals surface area (Å²) in [5, 5.41) is 2.36. The molecule has 0 bridgehead atoms. The van der Waals surface area contributed by atoms with Crippen LogP contribution in [0, 0.1) is 11.8 Å². The van der Waals surface area contributed by atoms with Crippen molar-refractivity contribution in [2.24, 2.45) is 0 Å². The Bertz CT molecular complexity index is 765. The van der Waals surface area contributed by atoms with E-state index in [1.807, 2.05) is 13.0 Å². The maximum absolute atomic E-state index is 6.12. The lowest BCUT2D eigenvalue weighted by atomic mass is 9.78. The van der Waals surface area contributed by atoms with E-state index in [4.69, 9.17) is 9.31 Å². The Morgan fingerprint density at radius 2 is 1.45 bits per heavy atom. The van der Waals surface area contributed by atoms with Gasteiger partial charge in [0.1, 0.15) is 0 Å². The third kappa shape index (κ3) is 2.54. The van der Waals surface area contributed by atoms with Gasteiger partial charge < -0.3 is 9.31 Å². The van der Waals surface area contributed by atoms with Crippen LogP contribution in [-0.2, 0) is 9.31 Å². The van der Waals surface area contributed by atoms with Gasteiger partial charge in [0, 0.05) is 5.56 Å². The standard InChI is InChI=1S/C19H21BO2/c1-6-7-14-8-9-16-13-17(11-10-15(16)12-14)20-21-18(2,3)19(4,5)22-20/h8-13H,1-5H3. The molecule has 0 N–H and O–H groups in total. The molecule has 2 aromatic rings. The van der Waals surface area contributed by atoms with Crippen LogP contribution in [0.3, 0.4) is 0 Å². The van der Waals surface area contributed by atoms with Gasteiger partial charge in [-0.1, -0.05) is 30.2 Å². The molecule has 0 atom stereocenters. The van der Waals surface area contributed by atoms with E-state index in [0.717, 1.165) is 11.0 Å². The zero-order valence-corrected chi connectivity index (χ0v) is 13.9. The Kier molecular flexibility index (Phi) is 3.55. The lowest BCUT2D eigenvalue weighted by Crippen LogP contribution is -2.41. The largest absolute Gasteiger partial charge is 0.494 e. The average Bonchev–Trinajstić information content (AvgIpc) is 2.67. The van der Waals surface area contributed by atoms with E-state index < -0.39 is 0 Å². The maximum atomic E-state index is 6.12. The Labute approximate surface area is 133 Å². The fourth-order valence-electron chi connectivity index (χ4n) is 2.61. The molecule has 3 heteroatoms. The van der Waals surface area contributed by atoms with E-state index in [1.54, 1.807) is 0 Å². The van der Waals surface area contributed by atoms with Crippen LogP contribution < -0.4 is 5.46 Å². The fourth-order valence-corrected chi connectivity index (χ4v) is 2.61. The van der Waals surface area contributed by atoms with E-state index in [1.165, 1.54) is 10.8 Å². The van der Waals surface area contributed by atoms with Gasteiger partial charge in [0.15, 0.2) is 0 Å². The van der Waals surface area contributed by atoms with Crippen molar-refractivity contribution in [3.63, 3.8) is 0 Å². The van der Waals surface area contributed by atoms with Crippen LogP contribution in [0.4, 0.5) is 0 Å². The normalized spacial score (nSPS) is 19.0. The summed E-state index contributed by atoms with van der Waals surface area (Å²) in [5.74, 6) is 6.02. The quantitative estimate of drug-likeness (QED) is 0.591. The Morgan fingerprint density at radius 1 is 0.864 bits per heavy atom. The fraction of sp³-hybridized carbons (Fsp3) is 0.368. The van der Waals surface area contributed by atoms with Gasteiger partial charge in [-0.05, 0) is 63.0 Å². The first kappa shape index (κ1) is 15.2. The second kappa shape index (κ2) is 5.16. The molecule has 0 unspecified atom stereocenters. The van der Waals surface area contributed by atoms with Gasteiger partial charge >= 0.3 is 7.12 Å². The minimum Gasteiger partial charge on any atom is -0.399 e. The van der Waals surface area contributed by atoms with Crippen molar-refractivity contribution in [1.29, 1.82) is 0 Å². The second-order valence-corrected chi connectivity index (χ2v) is 6.78. The van der Waals surface area contributed by atoms with Crippen molar-refractivity contribution in [2.75, 3.05) is 0 Å². The number of hydrogen-bond acceptors (Lipinski definition) is 2. The zero-order valence-electron chi connectivity index (χ0n) is 13.9. The van der Waals surface area contributed by atoms with E-state index in [0.29, 0.717) is 0 Å². The third-order valence-electron chi connectivity index (χ3n) is 4.66. The number of benzene rings is 2. The molecule has 2 aromatic carbocycles. The lowest BCUT2D eigenvalue weighted by molar-refractivity contribution is 0.00578. The van der Waals surface area contributed by atoms with Gasteiger partial charge in [-0.15, -0.1) is 5.92 Å². The third-order valence-corrected chi connectivity index (χ3v) is 4.66. The summed E-state index contributed by atoms with van der Waals surface area (Å²) in [7, 11) is -0.315. The van der Waals surface area contributed by atoms with E-state index >= 15 is 0 Å². The van der Waals surface area contributed by atoms with Gasteiger partial charge in [0.05, 0.1) is 11.2 Å². The van der Waals surface area contributed by atoms with E-state index in [-0.39, 0.29) is 18.3 Å². The first-order valence-electron chi connectivity index (χ1n) is 7.64. The molecule has 1 aliphatic heterocycles. The molecule has 0 spiro atoms. The van der Waals surface area contributed by atoms with Crippen LogP contribution >= 0.6 is 0 Å². The first-order chi connectivity index (χ1) is 10.3. The molecular weight excluding hydrogens is 271 g/mol. The van der Waals surface area contributed by atoms with Crippen LogP contribution in [0.5, 0.6) is 0 Å². The molecular formula is C19H21BO2. The van der Waals surface area contributed by atoms with Crippen LogP contribution in [0.2, 0.25) is 0 Å². The summed E-state index contributed by atoms with van der Waals surface area (Å²) >= 11 is 0. The summed E-state index contributed by atoms with van der Waals surface area (Å²) in [6.45, 7) is 10.1. The highest BCUT2D eigenvalue weighted by molar-refractivity contribution is 6.62. The molecule has 0 aliphatic carbocycles. The molecule has 112 valence electrons. The number of hydrogen-bond donors (Lipinski definition) is 0. The monoisotopic (exact) mass is 292 g/mol. The van der Waals surface area contributed by atoms with Crippen molar-refractivity contribution >= 4 is 23.4 Å². The van der Waals surface area contributed by atoms with Gasteiger partial charge in [-0.3, -0.25) is 0 Å². The zero-order chi connectivity index (χ0) is 16.0. The minimum atomic E-state index is -0.315. The van der Waals surface area contributed by atoms with Gasteiger partial charge in [-0.25, -0.2) is 0 Å². The number of fused-ring (bicyclic) bond motifs is 1. The first-order valence-corrected chi connectivity index (χ1v) is 7.64. The lowest BCUT2D eigenvalue weighted by Gasteiger charge is -2.32. The van der Waals surface area contributed by atoms with Crippen LogP contribution in [0.25, 0.3) is 10.8 Å². The minimum absolute atomic E-state index is 0.312. The van der Waals surface area contributed by atoms with Crippen molar-refractivity contribution in [3.05, 3.63) is 42.0 Å². The molecule has 1 fully saturated rings. The van der Waals surface area contributed by atoms with Crippen LogP contribution in [0.1, 0.15) is 40.2 Å². The molecule has 1 aliphatic rings. The molecule has 0 amide bonds. The predicted octanol–water partition coefficient (Wildman–Crippen LogP) is 3.51. The molecule has 1 saturated heterocycles. The van der Waals surface area contributed by atoms with Crippen LogP contribution in [-0.4, -0.2) is 18.3 Å². The molecule has 22 heavy (non-hydrogen) atoms. The van der Waals surface area contributed by atoms with Gasteiger partial charge in [0.25, 0.3) is 0 Å². The van der Waals surface area contributed by atoms with Crippen LogP contribution in [0.15, 0.2) is 36.4 Å². The maximum Gasteiger partial charge on any atom is 0.494 e. The molecule has 0 radical (unpaired) electrons. The molecule has 3 rings (SSSR count).